The fraction of sp³-hybridized carbons (Fsp3) is 0.259. The number of hydrogen-bond donors (Lipinski definition) is 1. The highest BCUT2D eigenvalue weighted by Crippen LogP contribution is 2.38. The maximum absolute atomic E-state index is 14.7. The van der Waals surface area contributed by atoms with E-state index in [1.54, 1.807) is 12.4 Å². The topological polar surface area (TPSA) is 82.2 Å². The van der Waals surface area contributed by atoms with Gasteiger partial charge < -0.3 is 14.6 Å². The van der Waals surface area contributed by atoms with E-state index in [1.165, 1.54) is 6.07 Å². The maximum Gasteiger partial charge on any atom is 0.208 e. The third kappa shape index (κ3) is 3.05. The van der Waals surface area contributed by atoms with E-state index in [9.17, 15) is 4.39 Å². The lowest BCUT2D eigenvalue weighted by atomic mass is 10.0. The third-order valence-corrected chi connectivity index (χ3v) is 7.15. The number of anilines is 1. The average molecular weight is 482 g/mol. The van der Waals surface area contributed by atoms with Crippen molar-refractivity contribution in [3.63, 3.8) is 0 Å². The van der Waals surface area contributed by atoms with Crippen LogP contribution in [0.3, 0.4) is 0 Å². The van der Waals surface area contributed by atoms with Crippen LogP contribution in [0.25, 0.3) is 28.2 Å². The van der Waals surface area contributed by atoms with Gasteiger partial charge in [-0.2, -0.15) is 0 Å². The van der Waals surface area contributed by atoms with Crippen molar-refractivity contribution in [3.8, 4) is 28.4 Å². The van der Waals surface area contributed by atoms with Crippen LogP contribution in [0.4, 0.5) is 10.3 Å². The monoisotopic (exact) mass is 481 g/mol. The van der Waals surface area contributed by atoms with Gasteiger partial charge in [-0.3, -0.25) is 9.38 Å². The van der Waals surface area contributed by atoms with Gasteiger partial charge in [-0.05, 0) is 31.5 Å². The summed E-state index contributed by atoms with van der Waals surface area (Å²) in [5.74, 6) is 1.90. The molecular formula is C27H24FN7O. The average Bonchev–Trinajstić information content (AvgIpc) is 3.61. The van der Waals surface area contributed by atoms with Gasteiger partial charge in [0.2, 0.25) is 5.95 Å². The first-order valence-corrected chi connectivity index (χ1v) is 12.2. The van der Waals surface area contributed by atoms with Gasteiger partial charge in [0.25, 0.3) is 0 Å². The molecule has 36 heavy (non-hydrogen) atoms. The molecule has 0 radical (unpaired) electrons. The third-order valence-electron chi connectivity index (χ3n) is 7.15. The van der Waals surface area contributed by atoms with Crippen molar-refractivity contribution in [1.82, 2.24) is 28.9 Å². The molecule has 0 bridgehead atoms. The fourth-order valence-corrected chi connectivity index (χ4v) is 5.37. The number of aryl methyl sites for hydroxylation is 2. The Bertz CT molecular complexity index is 1670. The highest BCUT2D eigenvalue weighted by Gasteiger charge is 2.26. The molecule has 0 atom stereocenters. The summed E-state index contributed by atoms with van der Waals surface area (Å²) < 4.78 is 24.5. The molecule has 6 heterocycles. The molecule has 1 aromatic carbocycles. The Morgan fingerprint density at radius 1 is 1.08 bits per heavy atom. The Balaban J connectivity index is 1.39. The van der Waals surface area contributed by atoms with E-state index in [-0.39, 0.29) is 5.82 Å². The van der Waals surface area contributed by atoms with Gasteiger partial charge in [-0.25, -0.2) is 19.3 Å². The Morgan fingerprint density at radius 2 is 2.00 bits per heavy atom. The van der Waals surface area contributed by atoms with Crippen molar-refractivity contribution < 1.29 is 9.13 Å². The van der Waals surface area contributed by atoms with Gasteiger partial charge in [-0.1, -0.05) is 13.0 Å². The molecule has 7 rings (SSSR count). The van der Waals surface area contributed by atoms with Crippen LogP contribution >= 0.6 is 0 Å². The zero-order valence-corrected chi connectivity index (χ0v) is 20.0. The minimum Gasteiger partial charge on any atom is -0.493 e. The summed E-state index contributed by atoms with van der Waals surface area (Å²) in [6, 6.07) is 7.29. The molecule has 0 fully saturated rings. The predicted molar refractivity (Wildman–Crippen MR) is 134 cm³/mol. The Morgan fingerprint density at radius 3 is 2.89 bits per heavy atom. The second kappa shape index (κ2) is 7.87. The number of pyridine rings is 1. The van der Waals surface area contributed by atoms with Gasteiger partial charge >= 0.3 is 0 Å². The molecule has 2 aliphatic rings. The molecule has 0 saturated heterocycles. The lowest BCUT2D eigenvalue weighted by Gasteiger charge is -2.19. The Hall–Kier alpha value is -4.27. The van der Waals surface area contributed by atoms with E-state index >= 15 is 0 Å². The van der Waals surface area contributed by atoms with Crippen molar-refractivity contribution >= 4 is 11.5 Å². The molecule has 9 heteroatoms. The van der Waals surface area contributed by atoms with Gasteiger partial charge in [0.15, 0.2) is 5.82 Å². The number of imidazole rings is 2. The summed E-state index contributed by atoms with van der Waals surface area (Å²) in [6.45, 7) is 5.62. The molecule has 2 aliphatic heterocycles. The lowest BCUT2D eigenvalue weighted by Crippen LogP contribution is -2.13. The maximum atomic E-state index is 14.7. The van der Waals surface area contributed by atoms with Gasteiger partial charge in [0, 0.05) is 59.0 Å². The summed E-state index contributed by atoms with van der Waals surface area (Å²) in [5, 5.41) is 3.35. The second-order valence-corrected chi connectivity index (χ2v) is 9.22. The normalized spacial score (nSPS) is 13.5. The van der Waals surface area contributed by atoms with Gasteiger partial charge in [-0.15, -0.1) is 0 Å². The first kappa shape index (κ1) is 21.0. The number of aromatic nitrogens is 6. The van der Waals surface area contributed by atoms with Crippen LogP contribution in [0, 0.1) is 12.7 Å². The van der Waals surface area contributed by atoms with Gasteiger partial charge in [0.05, 0.1) is 24.4 Å². The first-order valence-electron chi connectivity index (χ1n) is 12.2. The van der Waals surface area contributed by atoms with Crippen LogP contribution in [-0.2, 0) is 25.9 Å². The van der Waals surface area contributed by atoms with Crippen LogP contribution in [-0.4, -0.2) is 35.5 Å². The molecule has 0 spiro atoms. The van der Waals surface area contributed by atoms with Crippen molar-refractivity contribution in [1.29, 1.82) is 0 Å². The number of hydrogen-bond acceptors (Lipinski definition) is 6. The Kier molecular flexibility index (Phi) is 4.60. The van der Waals surface area contributed by atoms with Crippen LogP contribution in [0.2, 0.25) is 0 Å². The number of halogens is 1. The van der Waals surface area contributed by atoms with E-state index in [0.717, 1.165) is 63.0 Å². The standard InChI is InChI=1S/C27H24FN7O/c1-3-16-10-29-26-24-25-20(17-5-4-15(2)33-22(17)13-34(16)26)12-31-27(35(25)14-32-24)30-11-19-18-8-9-36-23(18)7-6-21(19)28/h4-7,10,12,14H,3,8-9,11,13H2,1-2H3,(H,30,31). The summed E-state index contributed by atoms with van der Waals surface area (Å²) >= 11 is 0. The molecule has 180 valence electrons. The summed E-state index contributed by atoms with van der Waals surface area (Å²) in [5.41, 5.74) is 8.26. The highest BCUT2D eigenvalue weighted by atomic mass is 19.1. The lowest BCUT2D eigenvalue weighted by molar-refractivity contribution is 0.356. The van der Waals surface area contributed by atoms with E-state index in [1.807, 2.05) is 29.8 Å². The second-order valence-electron chi connectivity index (χ2n) is 9.22. The molecule has 0 saturated carbocycles. The van der Waals surface area contributed by atoms with Gasteiger partial charge in [0.1, 0.15) is 23.6 Å². The largest absolute Gasteiger partial charge is 0.493 e. The van der Waals surface area contributed by atoms with Crippen molar-refractivity contribution in [2.75, 3.05) is 11.9 Å². The van der Waals surface area contributed by atoms with Crippen LogP contribution in [0.1, 0.15) is 35.1 Å². The minimum atomic E-state index is -0.246. The first-order chi connectivity index (χ1) is 17.6. The summed E-state index contributed by atoms with van der Waals surface area (Å²) in [4.78, 5) is 19.2. The molecule has 0 unspecified atom stereocenters. The number of nitrogens with one attached hydrogen (secondary N) is 1. The highest BCUT2D eigenvalue weighted by molar-refractivity contribution is 5.91. The van der Waals surface area contributed by atoms with E-state index in [0.29, 0.717) is 37.6 Å². The number of fused-ring (bicyclic) bond motifs is 5. The number of ether oxygens (including phenoxy) is 1. The minimum absolute atomic E-state index is 0.246. The molecule has 0 amide bonds. The Labute approximate surface area is 206 Å². The SMILES string of the molecule is CCc1cnc2n1Cc1nc(C)ccc1-c1cnc(NCc3c(F)ccc4c3CCO4)n3cnc-2c13. The predicted octanol–water partition coefficient (Wildman–Crippen LogP) is 4.57. The molecule has 8 nitrogen and oxygen atoms in total. The van der Waals surface area contributed by atoms with Crippen LogP contribution < -0.4 is 10.1 Å². The molecule has 5 aromatic rings. The van der Waals surface area contributed by atoms with Crippen molar-refractivity contribution in [2.24, 2.45) is 0 Å². The summed E-state index contributed by atoms with van der Waals surface area (Å²) in [7, 11) is 0. The quantitative estimate of drug-likeness (QED) is 0.397. The van der Waals surface area contributed by atoms with E-state index in [2.05, 4.69) is 22.9 Å². The zero-order valence-electron chi connectivity index (χ0n) is 20.0. The summed E-state index contributed by atoms with van der Waals surface area (Å²) in [6.07, 6.45) is 7.09. The zero-order chi connectivity index (χ0) is 24.4. The van der Waals surface area contributed by atoms with E-state index < -0.39 is 0 Å². The van der Waals surface area contributed by atoms with Crippen molar-refractivity contribution in [2.45, 2.75) is 39.8 Å². The number of benzene rings is 1. The van der Waals surface area contributed by atoms with E-state index in [4.69, 9.17) is 24.7 Å². The molecular weight excluding hydrogens is 457 g/mol. The van der Waals surface area contributed by atoms with Crippen molar-refractivity contribution in [3.05, 3.63) is 77.0 Å². The number of rotatable bonds is 4. The number of nitrogens with zero attached hydrogens (tertiary/aromatic N) is 6. The smallest absolute Gasteiger partial charge is 0.208 e. The molecule has 1 N–H and O–H groups in total. The van der Waals surface area contributed by atoms with Crippen LogP contribution in [0.15, 0.2) is 43.0 Å². The fourth-order valence-electron chi connectivity index (χ4n) is 5.37. The molecule has 4 aromatic heterocycles. The molecule has 0 aliphatic carbocycles. The van der Waals surface area contributed by atoms with Crippen LogP contribution in [0.5, 0.6) is 5.75 Å².